The van der Waals surface area contributed by atoms with E-state index >= 15 is 0 Å². The van der Waals surface area contributed by atoms with Gasteiger partial charge < -0.3 is 14.9 Å². The first-order chi connectivity index (χ1) is 15.1. The summed E-state index contributed by atoms with van der Waals surface area (Å²) >= 11 is 1.58. The molecule has 0 saturated carbocycles. The van der Waals surface area contributed by atoms with Gasteiger partial charge in [-0.25, -0.2) is 22.5 Å². The maximum absolute atomic E-state index is 3.53. The summed E-state index contributed by atoms with van der Waals surface area (Å²) in [4.78, 5) is 0. The molecule has 2 aromatic rings. The molecule has 6 heteroatoms. The Labute approximate surface area is 253 Å². The van der Waals surface area contributed by atoms with Gasteiger partial charge in [0.1, 0.15) is 0 Å². The van der Waals surface area contributed by atoms with Crippen molar-refractivity contribution in [1.82, 2.24) is 0 Å². The van der Waals surface area contributed by atoms with Gasteiger partial charge in [-0.05, 0) is 11.1 Å². The Kier molecular flexibility index (Phi) is 20.8. The summed E-state index contributed by atoms with van der Waals surface area (Å²) in [5, 5.41) is 2.95. The van der Waals surface area contributed by atoms with Gasteiger partial charge in [0.25, 0.3) is 0 Å². The summed E-state index contributed by atoms with van der Waals surface area (Å²) in [7, 11) is -2.34. The maximum atomic E-state index is 3.53. The monoisotopic (exact) mass is 648 g/mol. The van der Waals surface area contributed by atoms with E-state index in [1.807, 2.05) is 6.88 Å². The first-order valence-electron chi connectivity index (χ1n) is 11.2. The fraction of sp³-hybridized carbons (Fsp3) is 0.267. The zero-order chi connectivity index (χ0) is 23.8. The molecule has 0 bridgehead atoms. The normalized spacial score (nSPS) is 13.6. The molecule has 0 aromatic heterocycles. The van der Waals surface area contributed by atoms with Gasteiger partial charge in [-0.2, -0.15) is 0 Å². The van der Waals surface area contributed by atoms with Gasteiger partial charge in [0.15, 0.2) is 0 Å². The molecule has 0 heterocycles. The van der Waals surface area contributed by atoms with Crippen LogP contribution in [0.25, 0.3) is 11.1 Å². The number of allylic oxidation sites excluding steroid dienone is 8. The van der Waals surface area contributed by atoms with Crippen molar-refractivity contribution in [3.05, 3.63) is 121 Å². The molecule has 2 aliphatic carbocycles. The number of hydrogen-bond donors (Lipinski definition) is 0. The second kappa shape index (κ2) is 18.7. The van der Waals surface area contributed by atoms with E-state index in [0.717, 1.165) is 12.8 Å². The summed E-state index contributed by atoms with van der Waals surface area (Å²) in [6.45, 7) is 16.2. The summed E-state index contributed by atoms with van der Waals surface area (Å²) in [5.74, 6) is 0. The molecule has 36 heavy (non-hydrogen) atoms. The zero-order valence-electron chi connectivity index (χ0n) is 23.4. The van der Waals surface area contributed by atoms with Gasteiger partial charge in [0.2, 0.25) is 0 Å². The summed E-state index contributed by atoms with van der Waals surface area (Å²) < 4.78 is 0. The SMILES string of the molecule is C[Si](C)(C)C1=[C-]CC(c2ccccc2)=C1.C[Si](C)(C)C1=[C-]CC(c2ccccc2)=C1.Cl.Cl.[CH3-].[CH3-].[SiH2]=[Zr]. The Bertz CT molecular complexity index is 930. The third kappa shape index (κ3) is 12.4. The van der Waals surface area contributed by atoms with E-state index in [2.05, 4.69) is 124 Å². The first-order valence-corrected chi connectivity index (χ1v) is 24.2. The molecule has 0 radical (unpaired) electrons. The van der Waals surface area contributed by atoms with Gasteiger partial charge >= 0.3 is 30.2 Å². The first kappa shape index (κ1) is 40.0. The average Bonchev–Trinajstić information content (AvgIpc) is 3.47. The summed E-state index contributed by atoms with van der Waals surface area (Å²) in [6.07, 6.45) is 13.7. The van der Waals surface area contributed by atoms with Crippen LogP contribution >= 0.6 is 24.8 Å². The molecule has 2 aromatic carbocycles. The molecule has 0 atom stereocenters. The van der Waals surface area contributed by atoms with Crippen molar-refractivity contribution in [2.45, 2.75) is 52.1 Å². The third-order valence-corrected chi connectivity index (χ3v) is 9.36. The minimum atomic E-state index is -1.17. The van der Waals surface area contributed by atoms with Crippen LogP contribution in [0.3, 0.4) is 0 Å². The molecule has 0 spiro atoms. The van der Waals surface area contributed by atoms with E-state index in [0.29, 0.717) is 0 Å². The molecule has 0 N–H and O–H groups in total. The van der Waals surface area contributed by atoms with Crippen LogP contribution in [0, 0.1) is 27.0 Å². The minimum absolute atomic E-state index is 0. The van der Waals surface area contributed by atoms with Crippen LogP contribution in [0.15, 0.2) is 83.2 Å². The number of benzene rings is 2. The fourth-order valence-electron chi connectivity index (χ4n) is 3.57. The van der Waals surface area contributed by atoms with Gasteiger partial charge in [-0.15, -0.1) is 48.8 Å². The number of halogens is 2. The molecule has 0 nitrogen and oxygen atoms in total. The molecule has 0 unspecified atom stereocenters. The molecule has 0 saturated heterocycles. The van der Waals surface area contributed by atoms with Crippen LogP contribution in [0.5, 0.6) is 0 Å². The van der Waals surface area contributed by atoms with E-state index < -0.39 is 16.1 Å². The average molecular weight is 651 g/mol. The quantitative estimate of drug-likeness (QED) is 0.229. The van der Waals surface area contributed by atoms with Crippen molar-refractivity contribution in [2.75, 3.05) is 0 Å². The van der Waals surface area contributed by atoms with Crippen molar-refractivity contribution >= 4 is 59.0 Å². The predicted octanol–water partition coefficient (Wildman–Crippen LogP) is 8.99. The topological polar surface area (TPSA) is 0 Å². The molecule has 0 aliphatic heterocycles. The Morgan fingerprint density at radius 2 is 0.861 bits per heavy atom. The van der Waals surface area contributed by atoms with Crippen LogP contribution in [0.4, 0.5) is 0 Å². The molecular weight excluding hydrogens is 607 g/mol. The predicted molar refractivity (Wildman–Crippen MR) is 174 cm³/mol. The summed E-state index contributed by atoms with van der Waals surface area (Å²) in [6, 6.07) is 21.3. The molecular formula is C30H44Cl2Si3Zr-4. The van der Waals surface area contributed by atoms with Gasteiger partial charge in [0, 0.05) is 16.1 Å². The van der Waals surface area contributed by atoms with Crippen LogP contribution in [-0.4, -0.2) is 23.0 Å². The molecule has 198 valence electrons. The summed E-state index contributed by atoms with van der Waals surface area (Å²) in [5.41, 5.74) is 5.54. The van der Waals surface area contributed by atoms with Crippen LogP contribution in [0.2, 0.25) is 39.3 Å². The van der Waals surface area contributed by atoms with Gasteiger partial charge in [0.05, 0.1) is 0 Å². The Balaban J connectivity index is -0.000000513. The van der Waals surface area contributed by atoms with E-state index in [-0.39, 0.29) is 39.7 Å². The molecule has 0 amide bonds. The number of rotatable bonds is 4. The van der Waals surface area contributed by atoms with E-state index in [9.17, 15) is 0 Å². The zero-order valence-corrected chi connectivity index (χ0v) is 30.9. The second-order valence-electron chi connectivity index (χ2n) is 10.1. The Morgan fingerprint density at radius 3 is 1.08 bits per heavy atom. The van der Waals surface area contributed by atoms with Crippen molar-refractivity contribution in [3.63, 3.8) is 0 Å². The van der Waals surface area contributed by atoms with E-state index in [1.165, 1.54) is 32.7 Å². The van der Waals surface area contributed by atoms with E-state index in [4.69, 9.17) is 0 Å². The van der Waals surface area contributed by atoms with Crippen LogP contribution in [0.1, 0.15) is 24.0 Å². The molecule has 4 rings (SSSR count). The van der Waals surface area contributed by atoms with Crippen LogP contribution < -0.4 is 0 Å². The van der Waals surface area contributed by atoms with Crippen molar-refractivity contribution in [2.24, 2.45) is 0 Å². The number of hydrogen-bond acceptors (Lipinski definition) is 0. The van der Waals surface area contributed by atoms with Crippen molar-refractivity contribution < 1.29 is 23.3 Å². The molecule has 2 aliphatic rings. The third-order valence-electron chi connectivity index (χ3n) is 5.48. The Hall–Kier alpha value is -0.486. The van der Waals surface area contributed by atoms with Gasteiger partial charge in [-0.3, -0.25) is 12.2 Å². The van der Waals surface area contributed by atoms with E-state index in [1.54, 1.807) is 23.3 Å². The fourth-order valence-corrected chi connectivity index (χ4v) is 6.02. The van der Waals surface area contributed by atoms with Crippen molar-refractivity contribution in [1.29, 1.82) is 0 Å². The van der Waals surface area contributed by atoms with Crippen LogP contribution in [-0.2, 0) is 23.3 Å². The molecule has 0 fully saturated rings. The van der Waals surface area contributed by atoms with Gasteiger partial charge in [-0.1, -0.05) is 99.9 Å². The standard InChI is InChI=1S/2C14H17Si.2CH3.2ClH.H2Si.Zr/c2*1-15(2,3)14-10-9-13(11-14)12-7-5-4-6-8-12;;;;;;/h2*4-8,11H,9H2,1-3H3;2*1H3;2*1H;1H2;/q4*-1;;;;. The second-order valence-corrected chi connectivity index (χ2v) is 20.2. The van der Waals surface area contributed by atoms with Crippen molar-refractivity contribution in [3.8, 4) is 0 Å². The Morgan fingerprint density at radius 1 is 0.583 bits per heavy atom.